The standard InChI is InChI=1S/C16H19BrF2O/c17-14-10-15(16(14)7-3-1-2-4-8-16)20-11-5-6-12(18)13(19)9-11/h5-6,9,14-15H,1-4,7-8,10H2. The van der Waals surface area contributed by atoms with Crippen LogP contribution in [-0.4, -0.2) is 10.9 Å². The van der Waals surface area contributed by atoms with Crippen LogP contribution in [0, 0.1) is 17.0 Å². The molecule has 3 rings (SSSR count). The van der Waals surface area contributed by atoms with Crippen LogP contribution in [0.3, 0.4) is 0 Å². The van der Waals surface area contributed by atoms with Gasteiger partial charge in [-0.2, -0.15) is 0 Å². The number of halogens is 3. The summed E-state index contributed by atoms with van der Waals surface area (Å²) in [7, 11) is 0. The molecule has 2 unspecified atom stereocenters. The number of alkyl halides is 1. The summed E-state index contributed by atoms with van der Waals surface area (Å²) in [4.78, 5) is 0.489. The van der Waals surface area contributed by atoms with E-state index in [9.17, 15) is 8.78 Å². The Morgan fingerprint density at radius 1 is 1.05 bits per heavy atom. The van der Waals surface area contributed by atoms with Gasteiger partial charge in [0, 0.05) is 16.3 Å². The predicted octanol–water partition coefficient (Wildman–Crippen LogP) is 5.22. The Bertz CT molecular complexity index is 483. The Hall–Kier alpha value is -0.640. The Kier molecular flexibility index (Phi) is 4.02. The van der Waals surface area contributed by atoms with Crippen molar-refractivity contribution in [3.8, 4) is 5.75 Å². The van der Waals surface area contributed by atoms with Crippen LogP contribution in [0.25, 0.3) is 0 Å². The Balaban J connectivity index is 1.75. The van der Waals surface area contributed by atoms with Crippen LogP contribution >= 0.6 is 15.9 Å². The van der Waals surface area contributed by atoms with E-state index in [1.165, 1.54) is 31.7 Å². The van der Waals surface area contributed by atoms with Gasteiger partial charge in [-0.05, 0) is 31.4 Å². The van der Waals surface area contributed by atoms with Crippen molar-refractivity contribution in [3.63, 3.8) is 0 Å². The maximum absolute atomic E-state index is 13.3. The number of ether oxygens (including phenoxy) is 1. The molecule has 0 bridgehead atoms. The fraction of sp³-hybridized carbons (Fsp3) is 0.625. The van der Waals surface area contributed by atoms with Crippen molar-refractivity contribution < 1.29 is 13.5 Å². The van der Waals surface area contributed by atoms with Crippen LogP contribution in [-0.2, 0) is 0 Å². The van der Waals surface area contributed by atoms with Gasteiger partial charge in [-0.3, -0.25) is 0 Å². The third-order valence-electron chi connectivity index (χ3n) is 4.89. The smallest absolute Gasteiger partial charge is 0.162 e. The summed E-state index contributed by atoms with van der Waals surface area (Å²) in [5, 5.41) is 0. The van der Waals surface area contributed by atoms with E-state index in [0.717, 1.165) is 31.4 Å². The normalized spacial score (nSPS) is 28.8. The van der Waals surface area contributed by atoms with Crippen molar-refractivity contribution >= 4 is 15.9 Å². The number of hydrogen-bond acceptors (Lipinski definition) is 1. The Morgan fingerprint density at radius 3 is 2.35 bits per heavy atom. The molecule has 2 aliphatic rings. The van der Waals surface area contributed by atoms with Crippen molar-refractivity contribution in [1.82, 2.24) is 0 Å². The molecular weight excluding hydrogens is 326 g/mol. The molecule has 2 aliphatic carbocycles. The second-order valence-corrected chi connectivity index (χ2v) is 7.14. The Labute approximate surface area is 126 Å². The lowest BCUT2D eigenvalue weighted by Crippen LogP contribution is -2.56. The SMILES string of the molecule is Fc1ccc(OC2CC(Br)C23CCCCCC3)cc1F. The molecule has 0 aromatic heterocycles. The van der Waals surface area contributed by atoms with Gasteiger partial charge < -0.3 is 4.74 Å². The van der Waals surface area contributed by atoms with Crippen molar-refractivity contribution in [2.75, 3.05) is 0 Å². The highest BCUT2D eigenvalue weighted by Crippen LogP contribution is 2.55. The number of benzene rings is 1. The molecule has 1 spiro atoms. The topological polar surface area (TPSA) is 9.23 Å². The van der Waals surface area contributed by atoms with Crippen LogP contribution in [0.1, 0.15) is 44.9 Å². The number of hydrogen-bond donors (Lipinski definition) is 0. The van der Waals surface area contributed by atoms with Gasteiger partial charge >= 0.3 is 0 Å². The van der Waals surface area contributed by atoms with E-state index in [-0.39, 0.29) is 11.5 Å². The summed E-state index contributed by atoms with van der Waals surface area (Å²) in [5.41, 5.74) is 0.182. The Morgan fingerprint density at radius 2 is 1.75 bits per heavy atom. The predicted molar refractivity (Wildman–Crippen MR) is 78.2 cm³/mol. The zero-order valence-corrected chi connectivity index (χ0v) is 13.0. The van der Waals surface area contributed by atoms with Crippen LogP contribution in [0.2, 0.25) is 0 Å². The first-order valence-electron chi connectivity index (χ1n) is 7.37. The van der Waals surface area contributed by atoms with E-state index in [0.29, 0.717) is 10.6 Å². The highest BCUT2D eigenvalue weighted by Gasteiger charge is 2.54. The van der Waals surface area contributed by atoms with Crippen molar-refractivity contribution in [2.24, 2.45) is 5.41 Å². The molecule has 0 radical (unpaired) electrons. The molecule has 20 heavy (non-hydrogen) atoms. The van der Waals surface area contributed by atoms with E-state index >= 15 is 0 Å². The summed E-state index contributed by atoms with van der Waals surface area (Å²) in [6, 6.07) is 3.81. The first-order chi connectivity index (χ1) is 9.62. The summed E-state index contributed by atoms with van der Waals surface area (Å²) in [6.45, 7) is 0. The molecule has 2 fully saturated rings. The van der Waals surface area contributed by atoms with E-state index in [1.54, 1.807) is 0 Å². The summed E-state index contributed by atoms with van der Waals surface area (Å²) in [6.07, 6.45) is 8.45. The van der Waals surface area contributed by atoms with Gasteiger partial charge in [-0.25, -0.2) is 8.78 Å². The lowest BCUT2D eigenvalue weighted by molar-refractivity contribution is -0.0463. The molecule has 1 aromatic carbocycles. The highest BCUT2D eigenvalue weighted by atomic mass is 79.9. The summed E-state index contributed by atoms with van der Waals surface area (Å²) in [5.74, 6) is -1.22. The van der Waals surface area contributed by atoms with Gasteiger partial charge in [0.25, 0.3) is 0 Å². The quantitative estimate of drug-likeness (QED) is 0.668. The largest absolute Gasteiger partial charge is 0.490 e. The maximum atomic E-state index is 13.3. The molecule has 2 atom stereocenters. The van der Waals surface area contributed by atoms with Gasteiger partial charge in [-0.1, -0.05) is 41.6 Å². The van der Waals surface area contributed by atoms with Gasteiger partial charge in [-0.15, -0.1) is 0 Å². The fourth-order valence-electron chi connectivity index (χ4n) is 3.60. The molecule has 1 aromatic rings. The van der Waals surface area contributed by atoms with Gasteiger partial charge in [0.15, 0.2) is 11.6 Å². The minimum Gasteiger partial charge on any atom is -0.490 e. The number of rotatable bonds is 2. The van der Waals surface area contributed by atoms with Gasteiger partial charge in [0.1, 0.15) is 11.9 Å². The summed E-state index contributed by atoms with van der Waals surface area (Å²) >= 11 is 3.78. The average molecular weight is 345 g/mol. The first-order valence-corrected chi connectivity index (χ1v) is 8.29. The van der Waals surface area contributed by atoms with E-state index < -0.39 is 11.6 Å². The van der Waals surface area contributed by atoms with Crippen molar-refractivity contribution in [2.45, 2.75) is 55.9 Å². The lowest BCUT2D eigenvalue weighted by atomic mass is 9.61. The van der Waals surface area contributed by atoms with Crippen LogP contribution in [0.15, 0.2) is 18.2 Å². The minimum absolute atomic E-state index is 0.120. The molecule has 110 valence electrons. The van der Waals surface area contributed by atoms with Crippen LogP contribution < -0.4 is 4.74 Å². The van der Waals surface area contributed by atoms with Gasteiger partial charge in [0.05, 0.1) is 0 Å². The molecule has 0 N–H and O–H groups in total. The third kappa shape index (κ3) is 2.47. The molecule has 4 heteroatoms. The zero-order valence-electron chi connectivity index (χ0n) is 11.4. The fourth-order valence-corrected chi connectivity index (χ4v) is 4.69. The third-order valence-corrected chi connectivity index (χ3v) is 6.18. The first kappa shape index (κ1) is 14.3. The minimum atomic E-state index is -0.841. The maximum Gasteiger partial charge on any atom is 0.162 e. The second-order valence-electron chi connectivity index (χ2n) is 6.03. The zero-order chi connectivity index (χ0) is 14.2. The van der Waals surface area contributed by atoms with Crippen LogP contribution in [0.5, 0.6) is 5.75 Å². The van der Waals surface area contributed by atoms with Gasteiger partial charge in [0.2, 0.25) is 0 Å². The van der Waals surface area contributed by atoms with Crippen LogP contribution in [0.4, 0.5) is 8.78 Å². The summed E-state index contributed by atoms with van der Waals surface area (Å²) < 4.78 is 32.2. The highest BCUT2D eigenvalue weighted by molar-refractivity contribution is 9.09. The monoisotopic (exact) mass is 344 g/mol. The van der Waals surface area contributed by atoms with Crippen molar-refractivity contribution in [3.05, 3.63) is 29.8 Å². The van der Waals surface area contributed by atoms with E-state index in [4.69, 9.17) is 4.74 Å². The van der Waals surface area contributed by atoms with E-state index in [1.807, 2.05) is 0 Å². The molecule has 0 amide bonds. The average Bonchev–Trinajstić information content (AvgIpc) is 2.70. The molecule has 1 nitrogen and oxygen atoms in total. The molecule has 0 aliphatic heterocycles. The molecule has 2 saturated carbocycles. The molecular formula is C16H19BrF2O. The van der Waals surface area contributed by atoms with E-state index in [2.05, 4.69) is 15.9 Å². The lowest BCUT2D eigenvalue weighted by Gasteiger charge is -2.53. The van der Waals surface area contributed by atoms with Crippen molar-refractivity contribution in [1.29, 1.82) is 0 Å². The molecule has 0 heterocycles. The second kappa shape index (κ2) is 5.63. The molecule has 0 saturated heterocycles.